The maximum Gasteiger partial charge on any atom is 0.0462 e. The minimum Gasteiger partial charge on any atom is -0.311 e. The third kappa shape index (κ3) is 3.74. The third-order valence-corrected chi connectivity index (χ3v) is 6.21. The van der Waals surface area contributed by atoms with Gasteiger partial charge in [-0.25, -0.2) is 0 Å². The van der Waals surface area contributed by atoms with E-state index >= 15 is 0 Å². The largest absolute Gasteiger partial charge is 0.311 e. The van der Waals surface area contributed by atoms with E-state index < -0.39 is 0 Å². The second-order valence-electron chi connectivity index (χ2n) is 7.42. The summed E-state index contributed by atoms with van der Waals surface area (Å²) in [5.74, 6) is 0. The number of hydrogen-bond donors (Lipinski definition) is 0. The molecule has 0 aliphatic carbocycles. The van der Waals surface area contributed by atoms with Gasteiger partial charge in [0.05, 0.1) is 0 Å². The van der Waals surface area contributed by atoms with Crippen molar-refractivity contribution in [3.63, 3.8) is 0 Å². The summed E-state index contributed by atoms with van der Waals surface area (Å²) in [7, 11) is 0. The summed E-state index contributed by atoms with van der Waals surface area (Å²) in [6, 6.07) is 28.6. The van der Waals surface area contributed by atoms with Crippen molar-refractivity contribution in [2.24, 2.45) is 0 Å². The average Bonchev–Trinajstić information content (AvgIpc) is 3.04. The van der Waals surface area contributed by atoms with Crippen LogP contribution in [0, 0.1) is 27.7 Å². The molecule has 0 fully saturated rings. The molecule has 3 aromatic carbocycles. The normalized spacial score (nSPS) is 10.9. The molecule has 0 bridgehead atoms. The maximum absolute atomic E-state index is 2.31. The van der Waals surface area contributed by atoms with Gasteiger partial charge in [0, 0.05) is 26.8 Å². The fraction of sp³-hybridized carbons (Fsp3) is 0.154. The molecule has 1 heterocycles. The van der Waals surface area contributed by atoms with Gasteiger partial charge in [0.15, 0.2) is 0 Å². The summed E-state index contributed by atoms with van der Waals surface area (Å²) < 4.78 is 0. The van der Waals surface area contributed by atoms with Crippen molar-refractivity contribution < 1.29 is 0 Å². The van der Waals surface area contributed by atoms with E-state index in [2.05, 4.69) is 111 Å². The molecule has 2 heteroatoms. The zero-order valence-corrected chi connectivity index (χ0v) is 17.7. The van der Waals surface area contributed by atoms with Gasteiger partial charge in [0.2, 0.25) is 0 Å². The molecular formula is C26H25NS. The molecule has 0 amide bonds. The fourth-order valence-corrected chi connectivity index (χ4v) is 4.56. The average molecular weight is 384 g/mol. The summed E-state index contributed by atoms with van der Waals surface area (Å²) in [6.45, 7) is 8.62. The highest BCUT2D eigenvalue weighted by Gasteiger charge is 2.13. The maximum atomic E-state index is 2.31. The molecule has 1 nitrogen and oxygen atoms in total. The molecule has 1 aromatic heterocycles. The minimum absolute atomic E-state index is 1.17. The van der Waals surface area contributed by atoms with Crippen LogP contribution >= 0.6 is 11.3 Å². The number of anilines is 3. The highest BCUT2D eigenvalue weighted by atomic mass is 32.1. The summed E-state index contributed by atoms with van der Waals surface area (Å²) in [4.78, 5) is 5.04. The second-order valence-corrected chi connectivity index (χ2v) is 8.68. The lowest BCUT2D eigenvalue weighted by Gasteiger charge is -2.26. The van der Waals surface area contributed by atoms with Crippen LogP contribution in [-0.2, 0) is 0 Å². The molecule has 140 valence electrons. The molecule has 0 saturated heterocycles. The third-order valence-electron chi connectivity index (χ3n) is 5.01. The van der Waals surface area contributed by atoms with Gasteiger partial charge in [-0.3, -0.25) is 0 Å². The van der Waals surface area contributed by atoms with Gasteiger partial charge in [-0.15, -0.1) is 11.3 Å². The van der Waals surface area contributed by atoms with E-state index in [1.54, 1.807) is 0 Å². The van der Waals surface area contributed by atoms with Crippen LogP contribution in [0.2, 0.25) is 0 Å². The molecule has 0 radical (unpaired) electrons. The van der Waals surface area contributed by atoms with Crippen molar-refractivity contribution in [2.45, 2.75) is 27.7 Å². The quantitative estimate of drug-likeness (QED) is 0.344. The lowest BCUT2D eigenvalue weighted by molar-refractivity contribution is 1.27. The van der Waals surface area contributed by atoms with Crippen LogP contribution in [-0.4, -0.2) is 0 Å². The van der Waals surface area contributed by atoms with Crippen molar-refractivity contribution in [1.29, 1.82) is 0 Å². The Morgan fingerprint density at radius 3 is 1.39 bits per heavy atom. The van der Waals surface area contributed by atoms with E-state index in [1.807, 2.05) is 11.3 Å². The van der Waals surface area contributed by atoms with Gasteiger partial charge >= 0.3 is 0 Å². The molecule has 0 aliphatic rings. The lowest BCUT2D eigenvalue weighted by Crippen LogP contribution is -2.09. The predicted octanol–water partition coefficient (Wildman–Crippen LogP) is 8.12. The number of nitrogens with zero attached hydrogens (tertiary/aromatic N) is 1. The smallest absolute Gasteiger partial charge is 0.0462 e. The molecule has 0 saturated carbocycles. The Bertz CT molecular complexity index is 1030. The summed E-state index contributed by atoms with van der Waals surface area (Å²) in [5.41, 5.74) is 8.69. The number of thiophene rings is 1. The Balaban J connectivity index is 1.77. The van der Waals surface area contributed by atoms with E-state index in [0.717, 1.165) is 0 Å². The first-order valence-electron chi connectivity index (χ1n) is 9.62. The zero-order valence-electron chi connectivity index (χ0n) is 16.9. The molecule has 0 unspecified atom stereocenters. The number of rotatable bonds is 4. The van der Waals surface area contributed by atoms with Gasteiger partial charge in [0.25, 0.3) is 0 Å². The summed E-state index contributed by atoms with van der Waals surface area (Å²) in [6.07, 6.45) is 0. The predicted molar refractivity (Wildman–Crippen MR) is 123 cm³/mol. The summed E-state index contributed by atoms with van der Waals surface area (Å²) in [5, 5.41) is 0. The van der Waals surface area contributed by atoms with Gasteiger partial charge in [-0.05, 0) is 81.3 Å². The highest BCUT2D eigenvalue weighted by Crippen LogP contribution is 2.37. The van der Waals surface area contributed by atoms with Crippen molar-refractivity contribution in [3.8, 4) is 10.4 Å². The van der Waals surface area contributed by atoms with Gasteiger partial charge in [-0.2, -0.15) is 0 Å². The van der Waals surface area contributed by atoms with Crippen LogP contribution in [0.5, 0.6) is 0 Å². The lowest BCUT2D eigenvalue weighted by atomic mass is 10.1. The van der Waals surface area contributed by atoms with Crippen LogP contribution in [0.25, 0.3) is 10.4 Å². The topological polar surface area (TPSA) is 3.24 Å². The van der Waals surface area contributed by atoms with Crippen LogP contribution in [0.4, 0.5) is 17.1 Å². The number of hydrogen-bond acceptors (Lipinski definition) is 2. The first kappa shape index (κ1) is 18.5. The standard InChI is InChI=1S/C26H25NS/c1-18-5-11-23(12-6-18)27(24-13-7-19(2)8-14-24)25-15-9-22(10-16-25)26-20(3)17-21(4)28-26/h5-17H,1-4H3. The Morgan fingerprint density at radius 2 is 1.00 bits per heavy atom. The monoisotopic (exact) mass is 383 g/mol. The number of aryl methyl sites for hydroxylation is 4. The first-order valence-corrected chi connectivity index (χ1v) is 10.4. The molecule has 28 heavy (non-hydrogen) atoms. The molecule has 0 spiro atoms. The minimum atomic E-state index is 1.17. The first-order chi connectivity index (χ1) is 13.5. The van der Waals surface area contributed by atoms with E-state index in [0.29, 0.717) is 0 Å². The van der Waals surface area contributed by atoms with E-state index in [9.17, 15) is 0 Å². The van der Waals surface area contributed by atoms with Crippen LogP contribution in [0.1, 0.15) is 21.6 Å². The Labute approximate surface area is 171 Å². The van der Waals surface area contributed by atoms with E-state index in [1.165, 1.54) is 49.1 Å². The van der Waals surface area contributed by atoms with Gasteiger partial charge in [0.1, 0.15) is 0 Å². The Morgan fingerprint density at radius 1 is 0.571 bits per heavy atom. The van der Waals surface area contributed by atoms with Crippen molar-refractivity contribution in [3.05, 3.63) is 100 Å². The van der Waals surface area contributed by atoms with Crippen LogP contribution < -0.4 is 4.90 Å². The van der Waals surface area contributed by atoms with E-state index in [4.69, 9.17) is 0 Å². The molecule has 4 aromatic rings. The zero-order chi connectivity index (χ0) is 19.7. The SMILES string of the molecule is Cc1ccc(N(c2ccc(C)cc2)c2ccc(-c3sc(C)cc3C)cc2)cc1. The highest BCUT2D eigenvalue weighted by molar-refractivity contribution is 7.15. The Kier molecular flexibility index (Phi) is 5.06. The van der Waals surface area contributed by atoms with Crippen molar-refractivity contribution >= 4 is 28.4 Å². The van der Waals surface area contributed by atoms with Gasteiger partial charge in [-0.1, -0.05) is 47.5 Å². The van der Waals surface area contributed by atoms with E-state index in [-0.39, 0.29) is 0 Å². The molecular weight excluding hydrogens is 358 g/mol. The van der Waals surface area contributed by atoms with Crippen molar-refractivity contribution in [2.75, 3.05) is 4.90 Å². The van der Waals surface area contributed by atoms with Crippen molar-refractivity contribution in [1.82, 2.24) is 0 Å². The van der Waals surface area contributed by atoms with Crippen LogP contribution in [0.15, 0.2) is 78.9 Å². The molecule has 4 rings (SSSR count). The molecule has 0 aliphatic heterocycles. The number of benzene rings is 3. The fourth-order valence-electron chi connectivity index (χ4n) is 3.52. The molecule has 0 atom stereocenters. The molecule has 0 N–H and O–H groups in total. The summed E-state index contributed by atoms with van der Waals surface area (Å²) >= 11 is 1.86. The van der Waals surface area contributed by atoms with Crippen LogP contribution in [0.3, 0.4) is 0 Å². The Hall–Kier alpha value is -2.84. The van der Waals surface area contributed by atoms with Gasteiger partial charge < -0.3 is 4.90 Å². The second kappa shape index (κ2) is 7.65.